The summed E-state index contributed by atoms with van der Waals surface area (Å²) in [6.07, 6.45) is 3.74. The molecule has 2 heterocycles. The Labute approximate surface area is 130 Å². The van der Waals surface area contributed by atoms with Gasteiger partial charge in [0, 0.05) is 31.7 Å². The van der Waals surface area contributed by atoms with Gasteiger partial charge in [0.15, 0.2) is 0 Å². The van der Waals surface area contributed by atoms with E-state index in [1.54, 1.807) is 12.1 Å². The molecule has 1 aromatic carbocycles. The van der Waals surface area contributed by atoms with Gasteiger partial charge < -0.3 is 15.0 Å². The molecule has 0 saturated carbocycles. The summed E-state index contributed by atoms with van der Waals surface area (Å²) in [6.45, 7) is 3.61. The minimum atomic E-state index is -0.211. The second-order valence-electron chi connectivity index (χ2n) is 6.40. The fourth-order valence-electron chi connectivity index (χ4n) is 3.47. The molecule has 2 amide bonds. The second kappa shape index (κ2) is 6.65. The van der Waals surface area contributed by atoms with Crippen LogP contribution in [0.15, 0.2) is 24.3 Å². The van der Waals surface area contributed by atoms with Crippen LogP contribution in [0.4, 0.5) is 9.18 Å². The van der Waals surface area contributed by atoms with Crippen molar-refractivity contribution in [2.24, 2.45) is 5.41 Å². The highest BCUT2D eigenvalue weighted by atomic mass is 19.1. The van der Waals surface area contributed by atoms with Crippen LogP contribution in [-0.2, 0) is 11.2 Å². The Hall–Kier alpha value is -1.62. The van der Waals surface area contributed by atoms with Crippen LogP contribution in [0.5, 0.6) is 0 Å². The fraction of sp³-hybridized carbons (Fsp3) is 0.588. The van der Waals surface area contributed by atoms with E-state index < -0.39 is 0 Å². The Morgan fingerprint density at radius 1 is 1.36 bits per heavy atom. The molecule has 120 valence electrons. The molecule has 3 rings (SSSR count). The molecule has 22 heavy (non-hydrogen) atoms. The third-order valence-corrected chi connectivity index (χ3v) is 4.76. The van der Waals surface area contributed by atoms with E-state index in [9.17, 15) is 9.18 Å². The highest BCUT2D eigenvalue weighted by Crippen LogP contribution is 2.37. The number of amides is 2. The van der Waals surface area contributed by atoms with Crippen molar-refractivity contribution in [3.63, 3.8) is 0 Å². The van der Waals surface area contributed by atoms with Gasteiger partial charge >= 0.3 is 6.03 Å². The largest absolute Gasteiger partial charge is 0.381 e. The molecule has 2 fully saturated rings. The number of halogens is 1. The van der Waals surface area contributed by atoms with Crippen LogP contribution in [-0.4, -0.2) is 43.8 Å². The van der Waals surface area contributed by atoms with Gasteiger partial charge in [-0.1, -0.05) is 18.2 Å². The van der Waals surface area contributed by atoms with E-state index in [0.29, 0.717) is 18.5 Å². The third-order valence-electron chi connectivity index (χ3n) is 4.76. The zero-order valence-corrected chi connectivity index (χ0v) is 12.8. The Kier molecular flexibility index (Phi) is 4.62. The molecular weight excluding hydrogens is 283 g/mol. The zero-order chi connectivity index (χ0) is 15.4. The van der Waals surface area contributed by atoms with Crippen LogP contribution in [0.2, 0.25) is 0 Å². The quantitative estimate of drug-likeness (QED) is 0.932. The number of urea groups is 1. The molecule has 1 aromatic rings. The van der Waals surface area contributed by atoms with Gasteiger partial charge in [0.25, 0.3) is 0 Å². The normalized spacial score (nSPS) is 24.7. The SMILES string of the molecule is O=C(NCCc1ccccc1F)N1CCCC2(CCOC2)C1. The highest BCUT2D eigenvalue weighted by molar-refractivity contribution is 5.74. The Morgan fingerprint density at radius 2 is 2.23 bits per heavy atom. The minimum absolute atomic E-state index is 0.0395. The summed E-state index contributed by atoms with van der Waals surface area (Å²) in [7, 11) is 0. The van der Waals surface area contributed by atoms with Crippen molar-refractivity contribution in [2.75, 3.05) is 32.8 Å². The molecule has 1 N–H and O–H groups in total. The summed E-state index contributed by atoms with van der Waals surface area (Å²) in [6, 6.07) is 6.66. The molecule has 2 aliphatic rings. The first-order valence-electron chi connectivity index (χ1n) is 8.03. The molecule has 5 heteroatoms. The van der Waals surface area contributed by atoms with Gasteiger partial charge in [-0.3, -0.25) is 0 Å². The van der Waals surface area contributed by atoms with E-state index in [2.05, 4.69) is 5.32 Å². The maximum atomic E-state index is 13.5. The van der Waals surface area contributed by atoms with Crippen molar-refractivity contribution >= 4 is 6.03 Å². The van der Waals surface area contributed by atoms with E-state index in [1.807, 2.05) is 11.0 Å². The predicted octanol–water partition coefficient (Wildman–Crippen LogP) is 2.58. The molecule has 0 radical (unpaired) electrons. The van der Waals surface area contributed by atoms with Crippen molar-refractivity contribution in [1.82, 2.24) is 10.2 Å². The maximum Gasteiger partial charge on any atom is 0.317 e. The van der Waals surface area contributed by atoms with Crippen molar-refractivity contribution in [3.05, 3.63) is 35.6 Å². The lowest BCUT2D eigenvalue weighted by atomic mass is 9.79. The van der Waals surface area contributed by atoms with Gasteiger partial charge in [-0.2, -0.15) is 0 Å². The predicted molar refractivity (Wildman–Crippen MR) is 82.2 cm³/mol. The van der Waals surface area contributed by atoms with Crippen molar-refractivity contribution < 1.29 is 13.9 Å². The number of nitrogens with zero attached hydrogens (tertiary/aromatic N) is 1. The maximum absolute atomic E-state index is 13.5. The number of likely N-dealkylation sites (tertiary alicyclic amines) is 1. The number of carbonyl (C=O) groups is 1. The highest BCUT2D eigenvalue weighted by Gasteiger charge is 2.40. The topological polar surface area (TPSA) is 41.6 Å². The smallest absolute Gasteiger partial charge is 0.317 e. The molecule has 0 bridgehead atoms. The van der Waals surface area contributed by atoms with Crippen LogP contribution in [0.25, 0.3) is 0 Å². The van der Waals surface area contributed by atoms with Crippen LogP contribution in [0.3, 0.4) is 0 Å². The molecule has 2 saturated heterocycles. The molecule has 2 aliphatic heterocycles. The number of hydrogen-bond acceptors (Lipinski definition) is 2. The lowest BCUT2D eigenvalue weighted by Crippen LogP contribution is -2.50. The molecule has 4 nitrogen and oxygen atoms in total. The second-order valence-corrected chi connectivity index (χ2v) is 6.40. The number of piperidine rings is 1. The van der Waals surface area contributed by atoms with Crippen LogP contribution < -0.4 is 5.32 Å². The number of benzene rings is 1. The van der Waals surface area contributed by atoms with Gasteiger partial charge in [0.2, 0.25) is 0 Å². The summed E-state index contributed by atoms with van der Waals surface area (Å²) in [5.41, 5.74) is 0.809. The van der Waals surface area contributed by atoms with Gasteiger partial charge in [0.05, 0.1) is 6.61 Å². The van der Waals surface area contributed by atoms with Crippen molar-refractivity contribution in [3.8, 4) is 0 Å². The Bertz CT molecular complexity index is 529. The number of hydrogen-bond donors (Lipinski definition) is 1. The average molecular weight is 306 g/mol. The first kappa shape index (κ1) is 15.3. The number of nitrogens with one attached hydrogen (secondary N) is 1. The molecule has 1 spiro atoms. The van der Waals surface area contributed by atoms with Gasteiger partial charge in [-0.25, -0.2) is 9.18 Å². The average Bonchev–Trinajstić information content (AvgIpc) is 2.97. The standard InChI is InChI=1S/C17H23FN2O2/c18-15-5-2-1-4-14(15)6-9-19-16(21)20-10-3-7-17(12-20)8-11-22-13-17/h1-2,4-5H,3,6-13H2,(H,19,21). The Balaban J connectivity index is 1.48. The molecule has 0 aliphatic carbocycles. The minimum Gasteiger partial charge on any atom is -0.381 e. The summed E-state index contributed by atoms with van der Waals surface area (Å²) in [5.74, 6) is -0.211. The van der Waals surface area contributed by atoms with Gasteiger partial charge in [-0.15, -0.1) is 0 Å². The van der Waals surface area contributed by atoms with E-state index in [1.165, 1.54) is 6.07 Å². The number of ether oxygens (including phenoxy) is 1. The number of rotatable bonds is 3. The summed E-state index contributed by atoms with van der Waals surface area (Å²) >= 11 is 0. The van der Waals surface area contributed by atoms with Crippen LogP contribution in [0, 0.1) is 11.2 Å². The molecule has 1 unspecified atom stereocenters. The molecular formula is C17H23FN2O2. The monoisotopic (exact) mass is 306 g/mol. The summed E-state index contributed by atoms with van der Waals surface area (Å²) in [4.78, 5) is 14.2. The van der Waals surface area contributed by atoms with E-state index >= 15 is 0 Å². The zero-order valence-electron chi connectivity index (χ0n) is 12.8. The van der Waals surface area contributed by atoms with Crippen LogP contribution >= 0.6 is 0 Å². The Morgan fingerprint density at radius 3 is 3.00 bits per heavy atom. The summed E-state index contributed by atoms with van der Waals surface area (Å²) < 4.78 is 19.0. The lowest BCUT2D eigenvalue weighted by molar-refractivity contribution is 0.0828. The van der Waals surface area contributed by atoms with Crippen molar-refractivity contribution in [1.29, 1.82) is 0 Å². The van der Waals surface area contributed by atoms with Gasteiger partial charge in [-0.05, 0) is 37.3 Å². The first-order chi connectivity index (χ1) is 10.7. The molecule has 0 aromatic heterocycles. The van der Waals surface area contributed by atoms with E-state index in [0.717, 1.165) is 45.6 Å². The van der Waals surface area contributed by atoms with Crippen LogP contribution in [0.1, 0.15) is 24.8 Å². The third kappa shape index (κ3) is 3.40. The first-order valence-corrected chi connectivity index (χ1v) is 8.03. The van der Waals surface area contributed by atoms with E-state index in [-0.39, 0.29) is 17.3 Å². The number of carbonyl (C=O) groups excluding carboxylic acids is 1. The summed E-state index contributed by atoms with van der Waals surface area (Å²) in [5, 5.41) is 2.91. The fourth-order valence-corrected chi connectivity index (χ4v) is 3.47. The molecule has 1 atom stereocenters. The van der Waals surface area contributed by atoms with Crippen molar-refractivity contribution in [2.45, 2.75) is 25.7 Å². The lowest BCUT2D eigenvalue weighted by Gasteiger charge is -2.39. The van der Waals surface area contributed by atoms with E-state index in [4.69, 9.17) is 4.74 Å². The van der Waals surface area contributed by atoms with Gasteiger partial charge in [0.1, 0.15) is 5.82 Å².